The van der Waals surface area contributed by atoms with Crippen molar-refractivity contribution in [3.8, 4) is 5.75 Å². The van der Waals surface area contributed by atoms with Crippen molar-refractivity contribution in [2.75, 3.05) is 13.9 Å². The average molecular weight is 200 g/mol. The molecule has 0 fully saturated rings. The normalized spacial score (nSPS) is 10.0. The zero-order valence-corrected chi connectivity index (χ0v) is 7.61. The second-order valence-corrected chi connectivity index (χ2v) is 2.64. The summed E-state index contributed by atoms with van der Waals surface area (Å²) in [7, 11) is -0.281. The Bertz CT molecular complexity index is 305. The van der Waals surface area contributed by atoms with Gasteiger partial charge in [0.2, 0.25) is 0 Å². The smallest absolute Gasteiger partial charge is 0.467 e. The van der Waals surface area contributed by atoms with Gasteiger partial charge >= 0.3 is 7.12 Å². The molecule has 1 aromatic carbocycles. The van der Waals surface area contributed by atoms with Crippen LogP contribution in [0.5, 0.6) is 5.75 Å². The quantitative estimate of drug-likeness (QED) is 0.507. The van der Waals surface area contributed by atoms with Crippen LogP contribution in [0.25, 0.3) is 0 Å². The van der Waals surface area contributed by atoms with Gasteiger partial charge in [-0.3, -0.25) is 0 Å². The first-order valence-electron chi connectivity index (χ1n) is 3.92. The molecule has 1 rings (SSSR count). The van der Waals surface area contributed by atoms with Crippen molar-refractivity contribution >= 4 is 12.6 Å². The van der Waals surface area contributed by atoms with Gasteiger partial charge in [0.1, 0.15) is 11.6 Å². The molecule has 0 spiro atoms. The minimum absolute atomic E-state index is 0.0234. The summed E-state index contributed by atoms with van der Waals surface area (Å²) in [4.78, 5) is 0. The third-order valence-corrected chi connectivity index (χ3v) is 1.54. The van der Waals surface area contributed by atoms with E-state index in [-0.39, 0.29) is 18.0 Å². The van der Waals surface area contributed by atoms with Crippen molar-refractivity contribution in [1.82, 2.24) is 0 Å². The van der Waals surface area contributed by atoms with Crippen LogP contribution in [0.1, 0.15) is 0 Å². The molecule has 0 aliphatic heterocycles. The molecule has 0 heterocycles. The summed E-state index contributed by atoms with van der Waals surface area (Å²) >= 11 is 0. The Balaban J connectivity index is 2.84. The maximum absolute atomic E-state index is 12.9. The number of hydrogen-bond donors (Lipinski definition) is 2. The molecule has 0 unspecified atom stereocenters. The summed E-state index contributed by atoms with van der Waals surface area (Å²) in [6.45, 7) is -0.0234. The van der Waals surface area contributed by atoms with Crippen molar-refractivity contribution in [2.24, 2.45) is 0 Å². The van der Waals surface area contributed by atoms with Gasteiger partial charge < -0.3 is 19.5 Å². The maximum Gasteiger partial charge on any atom is 0.488 e. The topological polar surface area (TPSA) is 58.9 Å². The van der Waals surface area contributed by atoms with Gasteiger partial charge in [-0.1, -0.05) is 0 Å². The lowest BCUT2D eigenvalue weighted by Crippen LogP contribution is -2.30. The summed E-state index contributed by atoms with van der Waals surface area (Å²) in [5.74, 6) is -0.406. The van der Waals surface area contributed by atoms with Crippen LogP contribution in [0.3, 0.4) is 0 Å². The van der Waals surface area contributed by atoms with Gasteiger partial charge in [0.15, 0.2) is 6.79 Å². The molecule has 0 atom stereocenters. The molecule has 1 aromatic rings. The molecule has 6 heteroatoms. The largest absolute Gasteiger partial charge is 0.488 e. The van der Waals surface area contributed by atoms with Crippen molar-refractivity contribution in [1.29, 1.82) is 0 Å². The van der Waals surface area contributed by atoms with E-state index < -0.39 is 12.9 Å². The second kappa shape index (κ2) is 4.95. The first-order valence-corrected chi connectivity index (χ1v) is 3.92. The van der Waals surface area contributed by atoms with E-state index in [1.54, 1.807) is 0 Å². The SMILES string of the molecule is COCOc1cc(F)cc(B(O)O)c1. The predicted octanol–water partition coefficient (Wildman–Crippen LogP) is -0.512. The Labute approximate surface area is 81.0 Å². The number of halogens is 1. The summed E-state index contributed by atoms with van der Waals surface area (Å²) in [6, 6.07) is 3.47. The Morgan fingerprint density at radius 3 is 2.64 bits per heavy atom. The molecule has 0 bridgehead atoms. The van der Waals surface area contributed by atoms with E-state index in [0.717, 1.165) is 12.1 Å². The molecule has 14 heavy (non-hydrogen) atoms. The van der Waals surface area contributed by atoms with E-state index in [1.165, 1.54) is 13.2 Å². The molecule has 0 saturated heterocycles. The average Bonchev–Trinajstić information content (AvgIpc) is 2.14. The number of ether oxygens (including phenoxy) is 2. The Morgan fingerprint density at radius 1 is 1.36 bits per heavy atom. The molecule has 0 saturated carbocycles. The molecule has 0 aliphatic carbocycles. The zero-order valence-electron chi connectivity index (χ0n) is 7.61. The summed E-state index contributed by atoms with van der Waals surface area (Å²) in [5, 5.41) is 17.6. The fourth-order valence-electron chi connectivity index (χ4n) is 0.944. The lowest BCUT2D eigenvalue weighted by Gasteiger charge is -2.06. The number of benzene rings is 1. The molecule has 0 amide bonds. The summed E-state index contributed by atoms with van der Waals surface area (Å²) in [5.41, 5.74) is 0.0381. The maximum atomic E-state index is 12.9. The third kappa shape index (κ3) is 2.99. The molecule has 4 nitrogen and oxygen atoms in total. The van der Waals surface area contributed by atoms with E-state index in [0.29, 0.717) is 0 Å². The fraction of sp³-hybridized carbons (Fsp3) is 0.250. The van der Waals surface area contributed by atoms with Crippen molar-refractivity contribution < 1.29 is 23.9 Å². The molecule has 0 aromatic heterocycles. The van der Waals surface area contributed by atoms with Crippen LogP contribution in [0, 0.1) is 5.82 Å². The summed E-state index contributed by atoms with van der Waals surface area (Å²) < 4.78 is 22.4. The highest BCUT2D eigenvalue weighted by Gasteiger charge is 2.13. The lowest BCUT2D eigenvalue weighted by molar-refractivity contribution is 0.0509. The van der Waals surface area contributed by atoms with Crippen LogP contribution in [0.4, 0.5) is 4.39 Å². The van der Waals surface area contributed by atoms with Crippen LogP contribution in [0.2, 0.25) is 0 Å². The third-order valence-electron chi connectivity index (χ3n) is 1.54. The van der Waals surface area contributed by atoms with E-state index in [2.05, 4.69) is 4.74 Å². The zero-order chi connectivity index (χ0) is 10.6. The van der Waals surface area contributed by atoms with Crippen LogP contribution in [-0.4, -0.2) is 31.1 Å². The van der Waals surface area contributed by atoms with Gasteiger partial charge in [-0.25, -0.2) is 4.39 Å². The Kier molecular flexibility index (Phi) is 3.88. The van der Waals surface area contributed by atoms with Crippen LogP contribution >= 0.6 is 0 Å². The van der Waals surface area contributed by atoms with Gasteiger partial charge in [0.25, 0.3) is 0 Å². The molecule has 2 N–H and O–H groups in total. The van der Waals surface area contributed by atoms with Gasteiger partial charge in [-0.2, -0.15) is 0 Å². The molecular formula is C8H10BFO4. The minimum Gasteiger partial charge on any atom is -0.467 e. The standard InChI is InChI=1S/C8H10BFO4/c1-13-5-14-8-3-6(9(11)12)2-7(10)4-8/h2-4,11-12H,5H2,1H3. The van der Waals surface area contributed by atoms with E-state index >= 15 is 0 Å². The number of methoxy groups -OCH3 is 1. The monoisotopic (exact) mass is 200 g/mol. The number of hydrogen-bond acceptors (Lipinski definition) is 4. The molecule has 76 valence electrons. The van der Waals surface area contributed by atoms with Crippen molar-refractivity contribution in [3.05, 3.63) is 24.0 Å². The highest BCUT2D eigenvalue weighted by Crippen LogP contribution is 2.10. The van der Waals surface area contributed by atoms with E-state index in [4.69, 9.17) is 14.8 Å². The van der Waals surface area contributed by atoms with Crippen LogP contribution in [0.15, 0.2) is 18.2 Å². The number of rotatable bonds is 4. The Morgan fingerprint density at radius 2 is 2.07 bits per heavy atom. The molecular weight excluding hydrogens is 190 g/mol. The first kappa shape index (κ1) is 11.0. The van der Waals surface area contributed by atoms with Gasteiger partial charge in [-0.05, 0) is 17.6 Å². The van der Waals surface area contributed by atoms with Gasteiger partial charge in [-0.15, -0.1) is 0 Å². The van der Waals surface area contributed by atoms with E-state index in [9.17, 15) is 4.39 Å². The predicted molar refractivity (Wildman–Crippen MR) is 48.7 cm³/mol. The summed E-state index contributed by atoms with van der Waals surface area (Å²) in [6.07, 6.45) is 0. The van der Waals surface area contributed by atoms with Crippen molar-refractivity contribution in [3.63, 3.8) is 0 Å². The Hall–Kier alpha value is -1.11. The first-order chi connectivity index (χ1) is 6.63. The molecule has 0 aliphatic rings. The minimum atomic E-state index is -1.71. The van der Waals surface area contributed by atoms with Gasteiger partial charge in [0, 0.05) is 13.2 Å². The molecule has 0 radical (unpaired) electrons. The fourth-order valence-corrected chi connectivity index (χ4v) is 0.944. The highest BCUT2D eigenvalue weighted by molar-refractivity contribution is 6.58. The van der Waals surface area contributed by atoms with E-state index in [1.807, 2.05) is 0 Å². The van der Waals surface area contributed by atoms with Crippen LogP contribution < -0.4 is 10.2 Å². The second-order valence-electron chi connectivity index (χ2n) is 2.64. The van der Waals surface area contributed by atoms with Crippen molar-refractivity contribution in [2.45, 2.75) is 0 Å². The highest BCUT2D eigenvalue weighted by atomic mass is 19.1. The van der Waals surface area contributed by atoms with Gasteiger partial charge in [0.05, 0.1) is 0 Å². The lowest BCUT2D eigenvalue weighted by atomic mass is 9.80. The van der Waals surface area contributed by atoms with Crippen LogP contribution in [-0.2, 0) is 4.74 Å².